The van der Waals surface area contributed by atoms with Gasteiger partial charge in [-0.3, -0.25) is 4.90 Å². The number of ether oxygens (including phenoxy) is 1. The zero-order valence-electron chi connectivity index (χ0n) is 9.60. The van der Waals surface area contributed by atoms with E-state index in [1.807, 2.05) is 18.2 Å². The largest absolute Gasteiger partial charge is 0.490 e. The van der Waals surface area contributed by atoms with E-state index in [0.29, 0.717) is 11.6 Å². The Balaban J connectivity index is 1.99. The van der Waals surface area contributed by atoms with Crippen LogP contribution in [0.4, 0.5) is 0 Å². The minimum Gasteiger partial charge on any atom is -0.490 e. The van der Waals surface area contributed by atoms with Crippen molar-refractivity contribution >= 4 is 11.6 Å². The molecule has 0 aliphatic carbocycles. The molecule has 3 rings (SSSR count). The molecule has 1 aromatic rings. The Kier molecular flexibility index (Phi) is 2.99. The highest BCUT2D eigenvalue weighted by Crippen LogP contribution is 2.38. The minimum absolute atomic E-state index is 0.0416. The summed E-state index contributed by atoms with van der Waals surface area (Å²) in [6, 6.07) is 5.69. The van der Waals surface area contributed by atoms with Crippen LogP contribution in [0.15, 0.2) is 18.2 Å². The van der Waals surface area contributed by atoms with Crippen molar-refractivity contribution in [3.63, 3.8) is 0 Å². The van der Waals surface area contributed by atoms with Crippen LogP contribution >= 0.6 is 11.6 Å². The van der Waals surface area contributed by atoms with Crippen molar-refractivity contribution in [2.45, 2.75) is 25.0 Å². The summed E-state index contributed by atoms with van der Waals surface area (Å²) in [5, 5.41) is 10.9. The molecular formula is C13H16ClNO2. The van der Waals surface area contributed by atoms with E-state index in [1.165, 1.54) is 12.8 Å². The van der Waals surface area contributed by atoms with Crippen molar-refractivity contribution in [3.8, 4) is 5.75 Å². The summed E-state index contributed by atoms with van der Waals surface area (Å²) in [6.45, 7) is 2.47. The van der Waals surface area contributed by atoms with Gasteiger partial charge in [0, 0.05) is 10.6 Å². The van der Waals surface area contributed by atoms with E-state index in [4.69, 9.17) is 16.3 Å². The number of aliphatic hydroxyl groups excluding tert-OH is 1. The molecule has 2 aliphatic heterocycles. The van der Waals surface area contributed by atoms with Crippen LogP contribution in [0.1, 0.15) is 24.4 Å². The molecule has 17 heavy (non-hydrogen) atoms. The van der Waals surface area contributed by atoms with Crippen LogP contribution < -0.4 is 4.74 Å². The zero-order valence-corrected chi connectivity index (χ0v) is 10.4. The van der Waals surface area contributed by atoms with Crippen molar-refractivity contribution in [2.24, 2.45) is 0 Å². The average molecular weight is 254 g/mol. The van der Waals surface area contributed by atoms with E-state index < -0.39 is 6.10 Å². The Morgan fingerprint density at radius 1 is 1.29 bits per heavy atom. The van der Waals surface area contributed by atoms with Crippen LogP contribution in [0.5, 0.6) is 5.75 Å². The summed E-state index contributed by atoms with van der Waals surface area (Å²) in [6.07, 6.45) is 1.96. The summed E-state index contributed by atoms with van der Waals surface area (Å²) in [7, 11) is 0. The molecule has 2 aliphatic rings. The summed E-state index contributed by atoms with van der Waals surface area (Å²) in [4.78, 5) is 2.34. The molecule has 1 fully saturated rings. The van der Waals surface area contributed by atoms with E-state index in [0.717, 1.165) is 24.4 Å². The number of likely N-dealkylation sites (tertiary alicyclic amines) is 1. The number of halogens is 1. The summed E-state index contributed by atoms with van der Waals surface area (Å²) in [5.41, 5.74) is 1.03. The van der Waals surface area contributed by atoms with Crippen LogP contribution in [0.3, 0.4) is 0 Å². The third kappa shape index (κ3) is 2.03. The van der Waals surface area contributed by atoms with Gasteiger partial charge in [0.2, 0.25) is 0 Å². The zero-order chi connectivity index (χ0) is 11.8. The normalized spacial score (nSPS) is 28.8. The molecular weight excluding hydrogens is 238 g/mol. The van der Waals surface area contributed by atoms with Gasteiger partial charge in [-0.05, 0) is 44.1 Å². The predicted molar refractivity (Wildman–Crippen MR) is 66.5 cm³/mol. The monoisotopic (exact) mass is 253 g/mol. The third-order valence-corrected chi connectivity index (χ3v) is 3.83. The third-order valence-electron chi connectivity index (χ3n) is 3.60. The van der Waals surface area contributed by atoms with Crippen molar-refractivity contribution < 1.29 is 9.84 Å². The molecule has 2 atom stereocenters. The van der Waals surface area contributed by atoms with Gasteiger partial charge >= 0.3 is 0 Å². The molecule has 0 saturated carbocycles. The first-order valence-electron chi connectivity index (χ1n) is 6.10. The van der Waals surface area contributed by atoms with Crippen molar-refractivity contribution in [1.82, 2.24) is 4.90 Å². The second kappa shape index (κ2) is 4.48. The van der Waals surface area contributed by atoms with E-state index in [1.54, 1.807) is 0 Å². The topological polar surface area (TPSA) is 32.7 Å². The second-order valence-electron chi connectivity index (χ2n) is 4.75. The molecule has 0 spiro atoms. The van der Waals surface area contributed by atoms with Crippen molar-refractivity contribution in [2.75, 3.05) is 19.7 Å². The van der Waals surface area contributed by atoms with Gasteiger partial charge in [-0.2, -0.15) is 0 Å². The summed E-state index contributed by atoms with van der Waals surface area (Å²) >= 11 is 6.04. The average Bonchev–Trinajstić information content (AvgIpc) is 2.82. The smallest absolute Gasteiger partial charge is 0.124 e. The maximum atomic E-state index is 10.2. The molecule has 0 radical (unpaired) electrons. The minimum atomic E-state index is -0.459. The van der Waals surface area contributed by atoms with Crippen LogP contribution in [-0.2, 0) is 0 Å². The van der Waals surface area contributed by atoms with Gasteiger partial charge in [0.25, 0.3) is 0 Å². The first-order valence-corrected chi connectivity index (χ1v) is 6.48. The standard InChI is InChI=1S/C13H16ClNO2/c14-9-3-4-12-10(7-9)13(11(16)8-17-12)15-5-1-2-6-15/h3-4,7,11,13,16H,1-2,5-6,8H2. The fourth-order valence-corrected chi connectivity index (χ4v) is 3.00. The molecule has 2 unspecified atom stereocenters. The number of aliphatic hydroxyl groups is 1. The molecule has 1 N–H and O–H groups in total. The Morgan fingerprint density at radius 3 is 2.82 bits per heavy atom. The van der Waals surface area contributed by atoms with E-state index in [2.05, 4.69) is 4.90 Å². The maximum Gasteiger partial charge on any atom is 0.124 e. The fourth-order valence-electron chi connectivity index (χ4n) is 2.82. The van der Waals surface area contributed by atoms with Crippen LogP contribution in [0.25, 0.3) is 0 Å². The lowest BCUT2D eigenvalue weighted by Crippen LogP contribution is -2.40. The quantitative estimate of drug-likeness (QED) is 0.833. The first kappa shape index (κ1) is 11.3. The number of hydrogen-bond acceptors (Lipinski definition) is 3. The van der Waals surface area contributed by atoms with Gasteiger partial charge in [-0.15, -0.1) is 0 Å². The number of rotatable bonds is 1. The summed E-state index contributed by atoms with van der Waals surface area (Å²) in [5.74, 6) is 0.858. The molecule has 2 heterocycles. The Labute approximate surface area is 106 Å². The molecule has 0 amide bonds. The lowest BCUT2D eigenvalue weighted by Gasteiger charge is -2.36. The van der Waals surface area contributed by atoms with E-state index >= 15 is 0 Å². The Bertz CT molecular complexity index is 418. The Hall–Kier alpha value is -0.770. The lowest BCUT2D eigenvalue weighted by atomic mass is 9.97. The second-order valence-corrected chi connectivity index (χ2v) is 5.18. The van der Waals surface area contributed by atoms with Crippen LogP contribution in [-0.4, -0.2) is 35.8 Å². The van der Waals surface area contributed by atoms with Crippen molar-refractivity contribution in [1.29, 1.82) is 0 Å². The number of nitrogens with zero attached hydrogens (tertiary/aromatic N) is 1. The molecule has 4 heteroatoms. The first-order chi connectivity index (χ1) is 8.25. The summed E-state index contributed by atoms with van der Waals surface area (Å²) < 4.78 is 5.55. The van der Waals surface area contributed by atoms with Gasteiger partial charge in [0.05, 0.1) is 6.04 Å². The highest BCUT2D eigenvalue weighted by Gasteiger charge is 2.35. The van der Waals surface area contributed by atoms with Gasteiger partial charge in [0.15, 0.2) is 0 Å². The van der Waals surface area contributed by atoms with Crippen LogP contribution in [0, 0.1) is 0 Å². The molecule has 92 valence electrons. The van der Waals surface area contributed by atoms with Gasteiger partial charge < -0.3 is 9.84 Å². The number of hydrogen-bond donors (Lipinski definition) is 1. The highest BCUT2D eigenvalue weighted by molar-refractivity contribution is 6.30. The van der Waals surface area contributed by atoms with Gasteiger partial charge in [0.1, 0.15) is 18.5 Å². The SMILES string of the molecule is OC1COc2ccc(Cl)cc2C1N1CCCC1. The fraction of sp³-hybridized carbons (Fsp3) is 0.538. The van der Waals surface area contributed by atoms with Crippen LogP contribution in [0.2, 0.25) is 5.02 Å². The van der Waals surface area contributed by atoms with Gasteiger partial charge in [-0.1, -0.05) is 11.6 Å². The highest BCUT2D eigenvalue weighted by atomic mass is 35.5. The lowest BCUT2D eigenvalue weighted by molar-refractivity contribution is 0.00878. The predicted octanol–water partition coefficient (Wildman–Crippen LogP) is 2.23. The molecule has 0 bridgehead atoms. The molecule has 0 aromatic heterocycles. The Morgan fingerprint density at radius 2 is 2.06 bits per heavy atom. The van der Waals surface area contributed by atoms with E-state index in [9.17, 15) is 5.11 Å². The number of fused-ring (bicyclic) bond motifs is 1. The molecule has 1 saturated heterocycles. The number of benzene rings is 1. The van der Waals surface area contributed by atoms with E-state index in [-0.39, 0.29) is 6.04 Å². The van der Waals surface area contributed by atoms with Gasteiger partial charge in [-0.25, -0.2) is 0 Å². The van der Waals surface area contributed by atoms with Crippen molar-refractivity contribution in [3.05, 3.63) is 28.8 Å². The molecule has 3 nitrogen and oxygen atoms in total. The molecule has 1 aromatic carbocycles. The maximum absolute atomic E-state index is 10.2.